The number of pyridine rings is 1. The number of rotatable bonds is 9. The van der Waals surface area contributed by atoms with Crippen molar-refractivity contribution in [3.63, 3.8) is 0 Å². The molecule has 1 aromatic carbocycles. The van der Waals surface area contributed by atoms with Gasteiger partial charge < -0.3 is 5.32 Å². The second-order valence-corrected chi connectivity index (χ2v) is 10.3. The Kier molecular flexibility index (Phi) is 6.89. The van der Waals surface area contributed by atoms with Gasteiger partial charge in [-0.1, -0.05) is 18.2 Å². The summed E-state index contributed by atoms with van der Waals surface area (Å²) in [6, 6.07) is 4.24. The van der Waals surface area contributed by atoms with Crippen LogP contribution < -0.4 is 10.6 Å². The molecule has 1 saturated carbocycles. The molecule has 1 amide bonds. The molecule has 2 atom stereocenters. The standard InChI is InChI=1S/C21H23F4N3O3S/c1-20(9-10-20)28-19(29)17(13-32(30,31)12-16-4-2-3-11-26-16)27-18(21(23,24)25)14-5-7-15(22)8-6-14/h2-8,11,17-18,27H,9-10,12-13H2,1H3,(H,28,29)/t17-,18?/m0/s1. The number of carbonyl (C=O) groups excluding carboxylic acids is 1. The second-order valence-electron chi connectivity index (χ2n) is 8.17. The summed E-state index contributed by atoms with van der Waals surface area (Å²) >= 11 is 0. The molecule has 1 unspecified atom stereocenters. The lowest BCUT2D eigenvalue weighted by atomic mass is 10.0. The summed E-state index contributed by atoms with van der Waals surface area (Å²) in [6.07, 6.45) is -2.17. The quantitative estimate of drug-likeness (QED) is 0.547. The van der Waals surface area contributed by atoms with Gasteiger partial charge in [0.25, 0.3) is 0 Å². The van der Waals surface area contributed by atoms with Gasteiger partial charge >= 0.3 is 6.18 Å². The molecule has 0 spiro atoms. The van der Waals surface area contributed by atoms with Crippen LogP contribution in [0.3, 0.4) is 0 Å². The molecule has 174 valence electrons. The highest BCUT2D eigenvalue weighted by molar-refractivity contribution is 7.90. The first kappa shape index (κ1) is 24.1. The molecule has 1 aliphatic rings. The first-order valence-corrected chi connectivity index (χ1v) is 11.7. The van der Waals surface area contributed by atoms with Gasteiger partial charge in [0.2, 0.25) is 5.91 Å². The minimum atomic E-state index is -4.86. The van der Waals surface area contributed by atoms with E-state index in [0.29, 0.717) is 12.8 Å². The zero-order valence-electron chi connectivity index (χ0n) is 17.2. The number of carbonyl (C=O) groups is 1. The topological polar surface area (TPSA) is 88.2 Å². The summed E-state index contributed by atoms with van der Waals surface area (Å²) in [7, 11) is -4.01. The Hall–Kier alpha value is -2.53. The zero-order valence-corrected chi connectivity index (χ0v) is 18.0. The van der Waals surface area contributed by atoms with Crippen molar-refractivity contribution in [3.8, 4) is 0 Å². The van der Waals surface area contributed by atoms with Crippen molar-refractivity contribution in [1.82, 2.24) is 15.6 Å². The van der Waals surface area contributed by atoms with Crippen LogP contribution in [-0.4, -0.2) is 42.8 Å². The Balaban J connectivity index is 1.86. The Morgan fingerprint density at radius 3 is 2.34 bits per heavy atom. The fraction of sp³-hybridized carbons (Fsp3) is 0.429. The van der Waals surface area contributed by atoms with Crippen LogP contribution in [0.4, 0.5) is 17.6 Å². The number of benzene rings is 1. The molecule has 1 heterocycles. The van der Waals surface area contributed by atoms with Crippen molar-refractivity contribution in [1.29, 1.82) is 0 Å². The van der Waals surface area contributed by atoms with Crippen LogP contribution in [0, 0.1) is 5.82 Å². The smallest absolute Gasteiger partial charge is 0.350 e. The van der Waals surface area contributed by atoms with E-state index in [1.54, 1.807) is 19.1 Å². The fourth-order valence-corrected chi connectivity index (χ4v) is 4.65. The average molecular weight is 473 g/mol. The van der Waals surface area contributed by atoms with Gasteiger partial charge in [-0.2, -0.15) is 13.2 Å². The van der Waals surface area contributed by atoms with Crippen molar-refractivity contribution in [2.24, 2.45) is 0 Å². The van der Waals surface area contributed by atoms with Crippen LogP contribution in [0.15, 0.2) is 48.7 Å². The van der Waals surface area contributed by atoms with Crippen LogP contribution in [0.25, 0.3) is 0 Å². The van der Waals surface area contributed by atoms with Crippen molar-refractivity contribution >= 4 is 15.7 Å². The normalized spacial score (nSPS) is 17.4. The molecular formula is C21H23F4N3O3S. The van der Waals surface area contributed by atoms with Crippen molar-refractivity contribution in [2.75, 3.05) is 5.75 Å². The molecule has 2 aromatic rings. The molecule has 32 heavy (non-hydrogen) atoms. The Morgan fingerprint density at radius 2 is 1.81 bits per heavy atom. The van der Waals surface area contributed by atoms with E-state index in [-0.39, 0.29) is 11.3 Å². The number of aromatic nitrogens is 1. The SMILES string of the molecule is CC1(NC(=O)[C@H](CS(=O)(=O)Cc2ccccn2)NC(c2ccc(F)cc2)C(F)(F)F)CC1. The van der Waals surface area contributed by atoms with Gasteiger partial charge in [0.05, 0.1) is 17.2 Å². The summed E-state index contributed by atoms with van der Waals surface area (Å²) in [5.41, 5.74) is -0.686. The lowest BCUT2D eigenvalue weighted by Gasteiger charge is -2.28. The number of hydrogen-bond donors (Lipinski definition) is 2. The molecule has 11 heteroatoms. The maximum absolute atomic E-state index is 13.8. The minimum absolute atomic E-state index is 0.215. The predicted octanol–water partition coefficient (Wildman–Crippen LogP) is 3.07. The monoisotopic (exact) mass is 473 g/mol. The van der Waals surface area contributed by atoms with Crippen LogP contribution in [-0.2, 0) is 20.4 Å². The molecule has 0 bridgehead atoms. The Labute approximate surface area is 183 Å². The maximum Gasteiger partial charge on any atom is 0.407 e. The minimum Gasteiger partial charge on any atom is -0.350 e. The van der Waals surface area contributed by atoms with Gasteiger partial charge in [0.1, 0.15) is 17.9 Å². The molecule has 1 aliphatic carbocycles. The first-order valence-electron chi connectivity index (χ1n) is 9.87. The summed E-state index contributed by atoms with van der Waals surface area (Å²) < 4.78 is 80.1. The van der Waals surface area contributed by atoms with Gasteiger partial charge in [0.15, 0.2) is 9.84 Å². The summed E-state index contributed by atoms with van der Waals surface area (Å²) in [4.78, 5) is 16.7. The van der Waals surface area contributed by atoms with E-state index < -0.39 is 56.9 Å². The van der Waals surface area contributed by atoms with E-state index in [2.05, 4.69) is 15.6 Å². The average Bonchev–Trinajstić information content (AvgIpc) is 3.42. The number of nitrogens with one attached hydrogen (secondary N) is 2. The van der Waals surface area contributed by atoms with E-state index in [4.69, 9.17) is 0 Å². The van der Waals surface area contributed by atoms with Crippen molar-refractivity contribution in [3.05, 3.63) is 65.7 Å². The highest BCUT2D eigenvalue weighted by Gasteiger charge is 2.45. The number of halogens is 4. The second kappa shape index (κ2) is 9.14. The lowest BCUT2D eigenvalue weighted by Crippen LogP contribution is -2.54. The lowest BCUT2D eigenvalue weighted by molar-refractivity contribution is -0.160. The maximum atomic E-state index is 13.8. The van der Waals surface area contributed by atoms with Crippen molar-refractivity contribution in [2.45, 2.75) is 49.3 Å². The molecule has 0 saturated heterocycles. The van der Waals surface area contributed by atoms with Crippen molar-refractivity contribution < 1.29 is 30.8 Å². The molecule has 0 aliphatic heterocycles. The summed E-state index contributed by atoms with van der Waals surface area (Å²) in [5.74, 6) is -2.95. The molecule has 0 radical (unpaired) electrons. The zero-order chi connectivity index (χ0) is 23.6. The van der Waals surface area contributed by atoms with Crippen LogP contribution in [0.2, 0.25) is 0 Å². The first-order chi connectivity index (χ1) is 14.9. The van der Waals surface area contributed by atoms with Gasteiger partial charge in [-0.25, -0.2) is 12.8 Å². The third kappa shape index (κ3) is 6.73. The fourth-order valence-electron chi connectivity index (χ4n) is 3.15. The third-order valence-electron chi connectivity index (χ3n) is 5.15. The molecule has 1 fully saturated rings. The van der Waals surface area contributed by atoms with E-state index in [1.807, 2.05) is 0 Å². The Bertz CT molecular complexity index is 1040. The molecule has 6 nitrogen and oxygen atoms in total. The number of nitrogens with zero attached hydrogens (tertiary/aromatic N) is 1. The highest BCUT2D eigenvalue weighted by Crippen LogP contribution is 2.35. The molecule has 1 aromatic heterocycles. The van der Waals surface area contributed by atoms with Gasteiger partial charge in [0, 0.05) is 11.7 Å². The number of sulfone groups is 1. The Morgan fingerprint density at radius 1 is 1.16 bits per heavy atom. The van der Waals surface area contributed by atoms with E-state index in [9.17, 15) is 30.8 Å². The summed E-state index contributed by atoms with van der Waals surface area (Å²) in [5, 5.41) is 4.79. The third-order valence-corrected chi connectivity index (χ3v) is 6.73. The van der Waals surface area contributed by atoms with Crippen LogP contribution in [0.1, 0.15) is 37.1 Å². The number of hydrogen-bond acceptors (Lipinski definition) is 5. The molecule has 2 N–H and O–H groups in total. The van der Waals surface area contributed by atoms with E-state index >= 15 is 0 Å². The predicted molar refractivity (Wildman–Crippen MR) is 110 cm³/mol. The van der Waals surface area contributed by atoms with Gasteiger partial charge in [-0.05, 0) is 49.6 Å². The number of alkyl halides is 3. The molecular weight excluding hydrogens is 450 g/mol. The highest BCUT2D eigenvalue weighted by atomic mass is 32.2. The largest absolute Gasteiger partial charge is 0.407 e. The summed E-state index contributed by atoms with van der Waals surface area (Å²) in [6.45, 7) is 1.73. The van der Waals surface area contributed by atoms with Crippen LogP contribution >= 0.6 is 0 Å². The van der Waals surface area contributed by atoms with Crippen LogP contribution in [0.5, 0.6) is 0 Å². The van der Waals surface area contributed by atoms with E-state index in [0.717, 1.165) is 24.3 Å². The van der Waals surface area contributed by atoms with Gasteiger partial charge in [-0.3, -0.25) is 15.1 Å². The number of amides is 1. The molecule has 3 rings (SSSR count). The van der Waals surface area contributed by atoms with Gasteiger partial charge in [-0.15, -0.1) is 0 Å². The van der Waals surface area contributed by atoms with E-state index in [1.165, 1.54) is 12.3 Å².